The number of benzene rings is 2. The summed E-state index contributed by atoms with van der Waals surface area (Å²) in [5.41, 5.74) is 2.39. The van der Waals surface area contributed by atoms with Crippen molar-refractivity contribution in [2.75, 3.05) is 0 Å². The lowest BCUT2D eigenvalue weighted by atomic mass is 10.1. The number of alkyl halides is 1. The third-order valence-corrected chi connectivity index (χ3v) is 4.18. The van der Waals surface area contributed by atoms with Crippen LogP contribution in [0.1, 0.15) is 34.5 Å². The first-order chi connectivity index (χ1) is 10.0. The van der Waals surface area contributed by atoms with Gasteiger partial charge in [-0.1, -0.05) is 41.4 Å². The second-order valence-electron chi connectivity index (χ2n) is 4.70. The zero-order valence-corrected chi connectivity index (χ0v) is 13.6. The maximum absolute atomic E-state index is 12.2. The molecule has 5 heteroatoms. The van der Waals surface area contributed by atoms with Crippen LogP contribution in [0.15, 0.2) is 42.5 Å². The minimum atomic E-state index is -0.174. The van der Waals surface area contributed by atoms with Gasteiger partial charge in [-0.2, -0.15) is 0 Å². The molecule has 0 fully saturated rings. The quantitative estimate of drug-likeness (QED) is 0.758. The number of hydrogen-bond acceptors (Lipinski definition) is 1. The number of carbonyl (C=O) groups is 1. The lowest BCUT2D eigenvalue weighted by Crippen LogP contribution is -2.26. The highest BCUT2D eigenvalue weighted by Gasteiger charge is 2.12. The molecule has 0 aliphatic heterocycles. The highest BCUT2D eigenvalue weighted by atomic mass is 35.5. The summed E-state index contributed by atoms with van der Waals surface area (Å²) in [6.07, 6.45) is 0. The smallest absolute Gasteiger partial charge is 0.251 e. The Morgan fingerprint density at radius 1 is 1.14 bits per heavy atom. The number of hydrogen-bond donors (Lipinski definition) is 1. The van der Waals surface area contributed by atoms with Crippen molar-refractivity contribution in [2.24, 2.45) is 0 Å². The molecular formula is C16H14Cl3NO. The third kappa shape index (κ3) is 4.13. The lowest BCUT2D eigenvalue weighted by molar-refractivity contribution is 0.0940. The van der Waals surface area contributed by atoms with E-state index in [1.54, 1.807) is 24.3 Å². The van der Waals surface area contributed by atoms with Crippen LogP contribution in [0.5, 0.6) is 0 Å². The fourth-order valence-corrected chi connectivity index (χ4v) is 2.41. The third-order valence-electron chi connectivity index (χ3n) is 3.13. The molecule has 110 valence electrons. The summed E-state index contributed by atoms with van der Waals surface area (Å²) < 4.78 is 0. The van der Waals surface area contributed by atoms with Gasteiger partial charge in [-0.25, -0.2) is 0 Å². The predicted molar refractivity (Wildman–Crippen MR) is 88.3 cm³/mol. The lowest BCUT2D eigenvalue weighted by Gasteiger charge is -2.15. The van der Waals surface area contributed by atoms with Crippen molar-refractivity contribution in [1.82, 2.24) is 5.32 Å². The number of amides is 1. The van der Waals surface area contributed by atoms with Crippen LogP contribution in [0.2, 0.25) is 10.0 Å². The summed E-state index contributed by atoms with van der Waals surface area (Å²) in [6.45, 7) is 1.89. The van der Waals surface area contributed by atoms with Crippen molar-refractivity contribution in [3.05, 3.63) is 69.2 Å². The molecule has 2 nitrogen and oxygen atoms in total. The van der Waals surface area contributed by atoms with Gasteiger partial charge in [0.2, 0.25) is 0 Å². The molecule has 21 heavy (non-hydrogen) atoms. The van der Waals surface area contributed by atoms with Crippen LogP contribution in [0.25, 0.3) is 0 Å². The molecule has 0 radical (unpaired) electrons. The van der Waals surface area contributed by atoms with Gasteiger partial charge in [-0.05, 0) is 42.3 Å². The topological polar surface area (TPSA) is 29.1 Å². The van der Waals surface area contributed by atoms with E-state index >= 15 is 0 Å². The summed E-state index contributed by atoms with van der Waals surface area (Å²) in [5, 5.41) is 3.89. The summed E-state index contributed by atoms with van der Waals surface area (Å²) in [5.74, 6) is 0.226. The fraction of sp³-hybridized carbons (Fsp3) is 0.188. The van der Waals surface area contributed by atoms with E-state index in [0.29, 0.717) is 21.5 Å². The van der Waals surface area contributed by atoms with E-state index in [4.69, 9.17) is 34.8 Å². The molecule has 2 aromatic carbocycles. The molecule has 0 bridgehead atoms. The number of carbonyl (C=O) groups excluding carboxylic acids is 1. The molecular weight excluding hydrogens is 329 g/mol. The first kappa shape index (κ1) is 16.2. The minimum absolute atomic E-state index is 0.152. The van der Waals surface area contributed by atoms with Gasteiger partial charge >= 0.3 is 0 Å². The summed E-state index contributed by atoms with van der Waals surface area (Å²) in [7, 11) is 0. The van der Waals surface area contributed by atoms with Crippen molar-refractivity contribution >= 4 is 40.7 Å². The van der Waals surface area contributed by atoms with Gasteiger partial charge in [0.05, 0.1) is 16.1 Å². The zero-order valence-electron chi connectivity index (χ0n) is 11.4. The Labute approximate surface area is 139 Å². The molecule has 2 aromatic rings. The summed E-state index contributed by atoms with van der Waals surface area (Å²) >= 11 is 17.7. The molecule has 0 heterocycles. The largest absolute Gasteiger partial charge is 0.346 e. The van der Waals surface area contributed by atoms with Crippen LogP contribution in [0.3, 0.4) is 0 Å². The molecule has 0 aliphatic rings. The monoisotopic (exact) mass is 341 g/mol. The van der Waals surface area contributed by atoms with Crippen LogP contribution in [-0.4, -0.2) is 5.91 Å². The molecule has 2 rings (SSSR count). The van der Waals surface area contributed by atoms with Gasteiger partial charge < -0.3 is 5.32 Å². The Morgan fingerprint density at radius 2 is 1.90 bits per heavy atom. The van der Waals surface area contributed by atoms with E-state index in [1.807, 2.05) is 25.1 Å². The van der Waals surface area contributed by atoms with E-state index in [1.165, 1.54) is 0 Å². The van der Waals surface area contributed by atoms with Crippen LogP contribution >= 0.6 is 34.8 Å². The van der Waals surface area contributed by atoms with Gasteiger partial charge in [0, 0.05) is 11.4 Å². The van der Waals surface area contributed by atoms with Crippen LogP contribution < -0.4 is 5.32 Å². The van der Waals surface area contributed by atoms with Crippen LogP contribution in [-0.2, 0) is 5.88 Å². The number of halogens is 3. The van der Waals surface area contributed by atoms with Crippen LogP contribution in [0.4, 0.5) is 0 Å². The van der Waals surface area contributed by atoms with Crippen LogP contribution in [0, 0.1) is 0 Å². The molecule has 0 aliphatic carbocycles. The molecule has 0 saturated carbocycles. The Bertz CT molecular complexity index is 658. The number of nitrogens with one attached hydrogen (secondary N) is 1. The van der Waals surface area contributed by atoms with Gasteiger partial charge in [-0.15, -0.1) is 11.6 Å². The van der Waals surface area contributed by atoms with Crippen molar-refractivity contribution in [3.63, 3.8) is 0 Å². The SMILES string of the molecule is CC(NC(=O)c1cccc(CCl)c1)c1ccc(Cl)c(Cl)c1. The van der Waals surface area contributed by atoms with Gasteiger partial charge in [0.15, 0.2) is 0 Å². The molecule has 1 atom stereocenters. The van der Waals surface area contributed by atoms with Gasteiger partial charge in [-0.3, -0.25) is 4.79 Å². The second kappa shape index (κ2) is 7.17. The summed E-state index contributed by atoms with van der Waals surface area (Å²) in [6, 6.07) is 12.4. The first-order valence-electron chi connectivity index (χ1n) is 6.42. The average Bonchev–Trinajstić information content (AvgIpc) is 2.49. The van der Waals surface area contributed by atoms with E-state index < -0.39 is 0 Å². The van der Waals surface area contributed by atoms with Gasteiger partial charge in [0.25, 0.3) is 5.91 Å². The van der Waals surface area contributed by atoms with E-state index in [2.05, 4.69) is 5.32 Å². The summed E-state index contributed by atoms with van der Waals surface area (Å²) in [4.78, 5) is 12.2. The molecule has 0 saturated heterocycles. The zero-order chi connectivity index (χ0) is 15.4. The normalized spacial score (nSPS) is 12.0. The van der Waals surface area contributed by atoms with Crippen molar-refractivity contribution < 1.29 is 4.79 Å². The first-order valence-corrected chi connectivity index (χ1v) is 7.71. The highest BCUT2D eigenvalue weighted by Crippen LogP contribution is 2.25. The molecule has 1 amide bonds. The fourth-order valence-electron chi connectivity index (χ4n) is 1.94. The maximum Gasteiger partial charge on any atom is 0.251 e. The Hall–Kier alpha value is -1.22. The second-order valence-corrected chi connectivity index (χ2v) is 5.78. The maximum atomic E-state index is 12.2. The standard InChI is InChI=1S/C16H14Cl3NO/c1-10(12-5-6-14(18)15(19)8-12)20-16(21)13-4-2-3-11(7-13)9-17/h2-8,10H,9H2,1H3,(H,20,21). The minimum Gasteiger partial charge on any atom is -0.346 e. The van der Waals surface area contributed by atoms with E-state index in [9.17, 15) is 4.79 Å². The average molecular weight is 343 g/mol. The highest BCUT2D eigenvalue weighted by molar-refractivity contribution is 6.42. The van der Waals surface area contributed by atoms with Gasteiger partial charge in [0.1, 0.15) is 0 Å². The Kier molecular flexibility index (Phi) is 5.51. The number of rotatable bonds is 4. The Morgan fingerprint density at radius 3 is 2.57 bits per heavy atom. The molecule has 0 aromatic heterocycles. The molecule has 1 unspecified atom stereocenters. The van der Waals surface area contributed by atoms with E-state index in [-0.39, 0.29) is 11.9 Å². The van der Waals surface area contributed by atoms with E-state index in [0.717, 1.165) is 11.1 Å². The van der Waals surface area contributed by atoms with Crippen molar-refractivity contribution in [1.29, 1.82) is 0 Å². The van der Waals surface area contributed by atoms with Crippen molar-refractivity contribution in [2.45, 2.75) is 18.8 Å². The van der Waals surface area contributed by atoms with Crippen molar-refractivity contribution in [3.8, 4) is 0 Å². The Balaban J connectivity index is 2.12. The predicted octanol–water partition coefficient (Wildman–Crippen LogP) is 5.22. The molecule has 1 N–H and O–H groups in total. The molecule has 0 spiro atoms.